The molecule has 0 spiro atoms. The second-order valence-corrected chi connectivity index (χ2v) is 4.93. The zero-order chi connectivity index (χ0) is 15.3. The third kappa shape index (κ3) is 3.55. The summed E-state index contributed by atoms with van der Waals surface area (Å²) in [6, 6.07) is 7.62. The van der Waals surface area contributed by atoms with Gasteiger partial charge in [-0.2, -0.15) is 0 Å². The smallest absolute Gasteiger partial charge is 0.266 e. The third-order valence-electron chi connectivity index (χ3n) is 3.12. The molecule has 6 heteroatoms. The van der Waals surface area contributed by atoms with Gasteiger partial charge >= 0.3 is 0 Å². The molecule has 0 bridgehead atoms. The summed E-state index contributed by atoms with van der Waals surface area (Å²) < 4.78 is 0. The quantitative estimate of drug-likeness (QED) is 0.547. The first-order valence-corrected chi connectivity index (χ1v) is 6.33. The molecule has 1 aromatic rings. The topological polar surface area (TPSA) is 89.9 Å². The third-order valence-corrected chi connectivity index (χ3v) is 3.12. The molecular weight excluding hydrogens is 260 g/mol. The molecule has 0 radical (unpaired) electrons. The lowest BCUT2D eigenvalue weighted by Crippen LogP contribution is -2.51. The van der Waals surface area contributed by atoms with E-state index in [9.17, 15) is 14.7 Å². The Morgan fingerprint density at radius 2 is 1.75 bits per heavy atom. The molecule has 1 rings (SSSR count). The fraction of sp³-hybridized carbons (Fsp3) is 0.429. The van der Waals surface area contributed by atoms with Gasteiger partial charge in [0.25, 0.3) is 11.8 Å². The SMILES string of the molecule is CC(C)C(C(=O)NO)N(C)C(=O)C(O)c1ccccc1. The molecular formula is C14H20N2O4. The Balaban J connectivity index is 2.92. The molecule has 0 aliphatic rings. The first-order valence-electron chi connectivity index (χ1n) is 6.33. The maximum Gasteiger partial charge on any atom is 0.266 e. The van der Waals surface area contributed by atoms with Gasteiger partial charge in [-0.05, 0) is 11.5 Å². The lowest BCUT2D eigenvalue weighted by molar-refractivity contribution is -0.150. The highest BCUT2D eigenvalue weighted by Gasteiger charge is 2.32. The summed E-state index contributed by atoms with van der Waals surface area (Å²) in [5.41, 5.74) is 2.00. The number of aliphatic hydroxyl groups is 1. The average Bonchev–Trinajstić information content (AvgIpc) is 2.46. The maximum atomic E-state index is 12.2. The Bertz CT molecular complexity index is 462. The molecule has 1 aromatic carbocycles. The summed E-state index contributed by atoms with van der Waals surface area (Å²) in [7, 11) is 1.42. The van der Waals surface area contributed by atoms with E-state index in [1.165, 1.54) is 7.05 Å². The molecule has 0 aliphatic carbocycles. The van der Waals surface area contributed by atoms with Crippen LogP contribution in [0.25, 0.3) is 0 Å². The van der Waals surface area contributed by atoms with Crippen molar-refractivity contribution in [1.82, 2.24) is 10.4 Å². The van der Waals surface area contributed by atoms with E-state index < -0.39 is 24.0 Å². The summed E-state index contributed by atoms with van der Waals surface area (Å²) in [6.07, 6.45) is -1.34. The Labute approximate surface area is 118 Å². The number of likely N-dealkylation sites (N-methyl/N-ethyl adjacent to an activating group) is 1. The molecule has 20 heavy (non-hydrogen) atoms. The second-order valence-electron chi connectivity index (χ2n) is 4.93. The van der Waals surface area contributed by atoms with E-state index in [2.05, 4.69) is 0 Å². The lowest BCUT2D eigenvalue weighted by atomic mass is 10.0. The number of rotatable bonds is 5. The van der Waals surface area contributed by atoms with Crippen molar-refractivity contribution in [2.45, 2.75) is 26.0 Å². The van der Waals surface area contributed by atoms with Crippen molar-refractivity contribution >= 4 is 11.8 Å². The van der Waals surface area contributed by atoms with Gasteiger partial charge in [0.15, 0.2) is 6.10 Å². The van der Waals surface area contributed by atoms with Crippen molar-refractivity contribution in [3.8, 4) is 0 Å². The van der Waals surface area contributed by atoms with E-state index in [4.69, 9.17) is 5.21 Å². The van der Waals surface area contributed by atoms with Crippen molar-refractivity contribution in [1.29, 1.82) is 0 Å². The van der Waals surface area contributed by atoms with Crippen molar-refractivity contribution in [2.75, 3.05) is 7.05 Å². The van der Waals surface area contributed by atoms with Crippen LogP contribution in [0, 0.1) is 5.92 Å². The largest absolute Gasteiger partial charge is 0.378 e. The Hall–Kier alpha value is -1.92. The Kier molecular flexibility index (Phi) is 5.66. The van der Waals surface area contributed by atoms with E-state index in [1.807, 2.05) is 0 Å². The molecule has 6 nitrogen and oxygen atoms in total. The Morgan fingerprint density at radius 3 is 2.20 bits per heavy atom. The zero-order valence-corrected chi connectivity index (χ0v) is 11.8. The minimum absolute atomic E-state index is 0.209. The van der Waals surface area contributed by atoms with Gasteiger partial charge in [-0.25, -0.2) is 5.48 Å². The lowest BCUT2D eigenvalue weighted by Gasteiger charge is -2.30. The van der Waals surface area contributed by atoms with Gasteiger partial charge in [0.1, 0.15) is 6.04 Å². The number of carbonyl (C=O) groups excluding carboxylic acids is 2. The molecule has 3 N–H and O–H groups in total. The number of aliphatic hydroxyl groups excluding tert-OH is 1. The van der Waals surface area contributed by atoms with E-state index in [0.29, 0.717) is 5.56 Å². The molecule has 0 fully saturated rings. The van der Waals surface area contributed by atoms with E-state index >= 15 is 0 Å². The van der Waals surface area contributed by atoms with Crippen LogP contribution in [0.3, 0.4) is 0 Å². The van der Waals surface area contributed by atoms with Crippen molar-refractivity contribution in [3.63, 3.8) is 0 Å². The van der Waals surface area contributed by atoms with Crippen molar-refractivity contribution in [3.05, 3.63) is 35.9 Å². The highest BCUT2D eigenvalue weighted by atomic mass is 16.5. The number of hydroxylamine groups is 1. The summed E-state index contributed by atoms with van der Waals surface area (Å²) in [6.45, 7) is 3.50. The molecule has 2 amide bonds. The average molecular weight is 280 g/mol. The number of nitrogens with zero attached hydrogens (tertiary/aromatic N) is 1. The number of hydrogen-bond acceptors (Lipinski definition) is 4. The minimum atomic E-state index is -1.34. The van der Waals surface area contributed by atoms with Crippen LogP contribution >= 0.6 is 0 Å². The summed E-state index contributed by atoms with van der Waals surface area (Å²) in [5.74, 6) is -1.49. The van der Waals surface area contributed by atoms with Crippen LogP contribution in [0.15, 0.2) is 30.3 Å². The highest BCUT2D eigenvalue weighted by Crippen LogP contribution is 2.18. The van der Waals surface area contributed by atoms with Gasteiger partial charge in [0.2, 0.25) is 0 Å². The number of nitrogens with one attached hydrogen (secondary N) is 1. The van der Waals surface area contributed by atoms with Crippen LogP contribution in [-0.2, 0) is 9.59 Å². The first kappa shape index (κ1) is 16.1. The molecule has 2 atom stereocenters. The maximum absolute atomic E-state index is 12.2. The van der Waals surface area contributed by atoms with E-state index in [-0.39, 0.29) is 5.92 Å². The fourth-order valence-corrected chi connectivity index (χ4v) is 2.10. The van der Waals surface area contributed by atoms with E-state index in [1.54, 1.807) is 49.7 Å². The van der Waals surface area contributed by atoms with Crippen LogP contribution in [0.5, 0.6) is 0 Å². The molecule has 0 aliphatic heterocycles. The van der Waals surface area contributed by atoms with Gasteiger partial charge in [0, 0.05) is 7.05 Å². The predicted octanol–water partition coefficient (Wildman–Crippen LogP) is 0.708. The van der Waals surface area contributed by atoms with Gasteiger partial charge in [-0.1, -0.05) is 44.2 Å². The van der Waals surface area contributed by atoms with Crippen molar-refractivity contribution in [2.24, 2.45) is 5.92 Å². The standard InChI is InChI=1S/C14H20N2O4/c1-9(2)11(13(18)15-20)16(3)14(19)12(17)10-7-5-4-6-8-10/h4-9,11-12,17,20H,1-3H3,(H,15,18). The molecule has 0 heterocycles. The summed E-state index contributed by atoms with van der Waals surface area (Å²) in [5, 5.41) is 18.8. The van der Waals surface area contributed by atoms with Gasteiger partial charge in [-0.15, -0.1) is 0 Å². The first-order chi connectivity index (χ1) is 9.40. The van der Waals surface area contributed by atoms with Gasteiger partial charge in [0.05, 0.1) is 0 Å². The second kappa shape index (κ2) is 7.02. The van der Waals surface area contributed by atoms with Gasteiger partial charge in [-0.3, -0.25) is 14.8 Å². The van der Waals surface area contributed by atoms with Crippen LogP contribution in [0.4, 0.5) is 0 Å². The fourth-order valence-electron chi connectivity index (χ4n) is 2.10. The molecule has 110 valence electrons. The highest BCUT2D eigenvalue weighted by molar-refractivity contribution is 5.89. The number of carbonyl (C=O) groups is 2. The van der Waals surface area contributed by atoms with Crippen LogP contribution in [0.1, 0.15) is 25.5 Å². The molecule has 0 saturated heterocycles. The van der Waals surface area contributed by atoms with E-state index in [0.717, 1.165) is 4.90 Å². The number of hydrogen-bond donors (Lipinski definition) is 3. The predicted molar refractivity (Wildman–Crippen MR) is 72.7 cm³/mol. The van der Waals surface area contributed by atoms with Crippen molar-refractivity contribution < 1.29 is 19.9 Å². The normalized spacial score (nSPS) is 13.7. The monoisotopic (exact) mass is 280 g/mol. The molecule has 2 unspecified atom stereocenters. The van der Waals surface area contributed by atoms with Crippen LogP contribution in [0.2, 0.25) is 0 Å². The number of amides is 2. The summed E-state index contributed by atoms with van der Waals surface area (Å²) >= 11 is 0. The Morgan fingerprint density at radius 1 is 1.20 bits per heavy atom. The number of benzene rings is 1. The minimum Gasteiger partial charge on any atom is -0.378 e. The van der Waals surface area contributed by atoms with Gasteiger partial charge < -0.3 is 10.0 Å². The molecule has 0 saturated carbocycles. The summed E-state index contributed by atoms with van der Waals surface area (Å²) in [4.78, 5) is 25.0. The zero-order valence-electron chi connectivity index (χ0n) is 11.8. The van der Waals surface area contributed by atoms with Crippen LogP contribution in [-0.4, -0.2) is 40.1 Å². The van der Waals surface area contributed by atoms with Crippen LogP contribution < -0.4 is 5.48 Å². The molecule has 0 aromatic heterocycles.